The smallest absolute Gasteiger partial charge is 0.197 e. The van der Waals surface area contributed by atoms with Gasteiger partial charge in [-0.15, -0.1) is 6.42 Å². The average molecular weight is 232 g/mol. The summed E-state index contributed by atoms with van der Waals surface area (Å²) in [6, 6.07) is -0.435. The molecule has 0 bridgehead atoms. The monoisotopic (exact) mass is 232 g/mol. The normalized spacial score (nSPS) is 14.6. The lowest BCUT2D eigenvalue weighted by molar-refractivity contribution is 0.478. The topological polar surface area (TPSA) is 58.2 Å². The van der Waals surface area contributed by atoms with E-state index >= 15 is 0 Å². The van der Waals surface area contributed by atoms with Crippen molar-refractivity contribution in [3.8, 4) is 12.3 Å². The Morgan fingerprint density at radius 2 is 1.93 bits per heavy atom. The summed E-state index contributed by atoms with van der Waals surface area (Å²) in [5.74, 6) is 2.41. The first-order valence-electron chi connectivity index (χ1n) is 4.97. The maximum atomic E-state index is 11.6. The molecular weight excluding hydrogens is 212 g/mol. The van der Waals surface area contributed by atoms with Gasteiger partial charge in [-0.05, 0) is 27.2 Å². The molecule has 5 heteroatoms. The van der Waals surface area contributed by atoms with Gasteiger partial charge in [-0.1, -0.05) is 19.3 Å². The van der Waals surface area contributed by atoms with Crippen LogP contribution in [0.25, 0.3) is 0 Å². The van der Waals surface area contributed by atoms with Crippen LogP contribution in [0.5, 0.6) is 0 Å². The molecule has 0 aliphatic rings. The molecule has 88 valence electrons. The van der Waals surface area contributed by atoms with E-state index < -0.39 is 21.8 Å². The van der Waals surface area contributed by atoms with Crippen molar-refractivity contribution in [1.29, 1.82) is 0 Å². The molecule has 0 amide bonds. The quantitative estimate of drug-likeness (QED) is 0.695. The molecule has 15 heavy (non-hydrogen) atoms. The third-order valence-electron chi connectivity index (χ3n) is 1.52. The van der Waals surface area contributed by atoms with E-state index in [0.29, 0.717) is 6.42 Å². The van der Waals surface area contributed by atoms with Gasteiger partial charge in [0, 0.05) is 5.54 Å². The van der Waals surface area contributed by atoms with Crippen molar-refractivity contribution in [3.05, 3.63) is 0 Å². The van der Waals surface area contributed by atoms with Crippen LogP contribution >= 0.6 is 0 Å². The Hall–Kier alpha value is -0.570. The van der Waals surface area contributed by atoms with E-state index in [1.807, 2.05) is 6.92 Å². The number of nitrogens with one attached hydrogen (secondary N) is 2. The number of hydrogen-bond acceptors (Lipinski definition) is 2. The molecule has 2 N–H and O–H groups in total. The molecule has 0 radical (unpaired) electrons. The summed E-state index contributed by atoms with van der Waals surface area (Å²) >= 11 is 0. The molecule has 0 saturated heterocycles. The fourth-order valence-corrected chi connectivity index (χ4v) is 2.51. The zero-order chi connectivity index (χ0) is 12.1. The zero-order valence-electron chi connectivity index (χ0n) is 9.79. The van der Waals surface area contributed by atoms with Crippen LogP contribution in [0.3, 0.4) is 0 Å². The lowest BCUT2D eigenvalue weighted by atomic mass is 10.1. The summed E-state index contributed by atoms with van der Waals surface area (Å²) in [4.78, 5) is 0. The van der Waals surface area contributed by atoms with E-state index in [1.165, 1.54) is 0 Å². The van der Waals surface area contributed by atoms with E-state index in [-0.39, 0.29) is 0 Å². The zero-order valence-corrected chi connectivity index (χ0v) is 10.6. The first-order valence-corrected chi connectivity index (χ1v) is 6.46. The van der Waals surface area contributed by atoms with Gasteiger partial charge in [0.2, 0.25) is 0 Å². The first-order chi connectivity index (χ1) is 6.70. The lowest BCUT2D eigenvalue weighted by Gasteiger charge is -2.22. The highest BCUT2D eigenvalue weighted by atomic mass is 32.2. The van der Waals surface area contributed by atoms with Crippen LogP contribution < -0.4 is 9.44 Å². The van der Waals surface area contributed by atoms with Crippen molar-refractivity contribution in [1.82, 2.24) is 9.44 Å². The van der Waals surface area contributed by atoms with Gasteiger partial charge in [-0.3, -0.25) is 0 Å². The van der Waals surface area contributed by atoms with E-state index in [9.17, 15) is 8.42 Å². The van der Waals surface area contributed by atoms with Crippen LogP contribution in [0, 0.1) is 12.3 Å². The molecule has 0 aromatic rings. The molecule has 0 aromatic carbocycles. The van der Waals surface area contributed by atoms with Gasteiger partial charge in [-0.2, -0.15) is 17.9 Å². The van der Waals surface area contributed by atoms with E-state index in [1.54, 1.807) is 20.8 Å². The Balaban J connectivity index is 4.45. The van der Waals surface area contributed by atoms with Crippen molar-refractivity contribution < 1.29 is 8.42 Å². The minimum Gasteiger partial charge on any atom is -0.197 e. The lowest BCUT2D eigenvalue weighted by Crippen LogP contribution is -2.49. The van der Waals surface area contributed by atoms with Crippen molar-refractivity contribution >= 4 is 10.2 Å². The third-order valence-corrected chi connectivity index (χ3v) is 2.99. The molecule has 0 aliphatic heterocycles. The Morgan fingerprint density at radius 1 is 1.40 bits per heavy atom. The van der Waals surface area contributed by atoms with Crippen LogP contribution in [-0.4, -0.2) is 20.0 Å². The molecule has 0 saturated carbocycles. The maximum Gasteiger partial charge on any atom is 0.278 e. The SMILES string of the molecule is C#CC(CCC)NS(=O)(=O)NC(C)(C)C. The molecule has 0 fully saturated rings. The maximum absolute atomic E-state index is 11.6. The summed E-state index contributed by atoms with van der Waals surface area (Å²) in [5.41, 5.74) is -0.503. The standard InChI is InChI=1S/C10H20N2O2S/c1-6-8-9(7-2)11-15(13,14)12-10(3,4)5/h2,9,11-12H,6,8H2,1,3-5H3. The highest BCUT2D eigenvalue weighted by molar-refractivity contribution is 7.87. The number of rotatable bonds is 5. The van der Waals surface area contributed by atoms with Gasteiger partial charge >= 0.3 is 0 Å². The van der Waals surface area contributed by atoms with E-state index in [4.69, 9.17) is 6.42 Å². The van der Waals surface area contributed by atoms with E-state index in [2.05, 4.69) is 15.4 Å². The summed E-state index contributed by atoms with van der Waals surface area (Å²) in [6.07, 6.45) is 6.71. The average Bonchev–Trinajstić information content (AvgIpc) is 1.98. The summed E-state index contributed by atoms with van der Waals surface area (Å²) < 4.78 is 28.1. The second-order valence-electron chi connectivity index (χ2n) is 4.48. The van der Waals surface area contributed by atoms with Gasteiger partial charge in [-0.25, -0.2) is 0 Å². The Labute approximate surface area is 93.0 Å². The second kappa shape index (κ2) is 5.50. The summed E-state index contributed by atoms with van der Waals surface area (Å²) in [6.45, 7) is 7.28. The van der Waals surface area contributed by atoms with Gasteiger partial charge < -0.3 is 0 Å². The predicted octanol–water partition coefficient (Wildman–Crippen LogP) is 1.01. The molecule has 0 aromatic heterocycles. The molecule has 0 heterocycles. The molecule has 0 spiro atoms. The fourth-order valence-electron chi connectivity index (χ4n) is 1.08. The van der Waals surface area contributed by atoms with Gasteiger partial charge in [0.05, 0.1) is 6.04 Å². The van der Waals surface area contributed by atoms with Crippen molar-refractivity contribution in [2.24, 2.45) is 0 Å². The van der Waals surface area contributed by atoms with Crippen LogP contribution in [0.15, 0.2) is 0 Å². The van der Waals surface area contributed by atoms with Crippen molar-refractivity contribution in [2.75, 3.05) is 0 Å². The van der Waals surface area contributed by atoms with Crippen LogP contribution in [-0.2, 0) is 10.2 Å². The molecule has 0 rings (SSSR count). The molecule has 0 aliphatic carbocycles. The molecular formula is C10H20N2O2S. The van der Waals surface area contributed by atoms with Crippen LogP contribution in [0.4, 0.5) is 0 Å². The molecule has 1 unspecified atom stereocenters. The predicted molar refractivity (Wildman–Crippen MR) is 62.5 cm³/mol. The van der Waals surface area contributed by atoms with E-state index in [0.717, 1.165) is 6.42 Å². The Bertz CT molecular complexity index is 322. The van der Waals surface area contributed by atoms with Gasteiger partial charge in [0.25, 0.3) is 10.2 Å². The Morgan fingerprint density at radius 3 is 2.27 bits per heavy atom. The largest absolute Gasteiger partial charge is 0.278 e. The number of hydrogen-bond donors (Lipinski definition) is 2. The highest BCUT2D eigenvalue weighted by Crippen LogP contribution is 2.02. The minimum atomic E-state index is -3.52. The highest BCUT2D eigenvalue weighted by Gasteiger charge is 2.21. The van der Waals surface area contributed by atoms with Crippen LogP contribution in [0.2, 0.25) is 0 Å². The van der Waals surface area contributed by atoms with Gasteiger partial charge in [0.15, 0.2) is 0 Å². The van der Waals surface area contributed by atoms with Crippen molar-refractivity contribution in [3.63, 3.8) is 0 Å². The fraction of sp³-hybridized carbons (Fsp3) is 0.800. The first kappa shape index (κ1) is 14.4. The minimum absolute atomic E-state index is 0.435. The second-order valence-corrected chi connectivity index (χ2v) is 5.93. The van der Waals surface area contributed by atoms with Crippen molar-refractivity contribution in [2.45, 2.75) is 52.1 Å². The summed E-state index contributed by atoms with van der Waals surface area (Å²) in [5, 5.41) is 0. The molecule has 1 atom stereocenters. The molecule has 4 nitrogen and oxygen atoms in total. The third kappa shape index (κ3) is 7.37. The van der Waals surface area contributed by atoms with Gasteiger partial charge in [0.1, 0.15) is 0 Å². The number of terminal acetylenes is 1. The Kier molecular flexibility index (Phi) is 5.29. The van der Waals surface area contributed by atoms with Crippen LogP contribution in [0.1, 0.15) is 40.5 Å². The summed E-state index contributed by atoms with van der Waals surface area (Å²) in [7, 11) is -3.52.